The molecule has 0 saturated carbocycles. The number of carbonyl (C=O) groups is 2. The molecule has 35 heavy (non-hydrogen) atoms. The van der Waals surface area contributed by atoms with Gasteiger partial charge >= 0.3 is 6.03 Å². The van der Waals surface area contributed by atoms with E-state index in [0.717, 1.165) is 19.6 Å². The molecule has 0 bridgehead atoms. The number of hydrogen-bond acceptors (Lipinski definition) is 7. The molecule has 3 N–H and O–H groups in total. The third kappa shape index (κ3) is 7.68. The van der Waals surface area contributed by atoms with Crippen LogP contribution in [0.2, 0.25) is 0 Å². The summed E-state index contributed by atoms with van der Waals surface area (Å²) >= 11 is 0. The Kier molecular flexibility index (Phi) is 9.38. The Balaban J connectivity index is 1.54. The molecule has 10 nitrogen and oxygen atoms in total. The second kappa shape index (κ2) is 12.9. The zero-order valence-electron chi connectivity index (χ0n) is 20.1. The number of methoxy groups -OCH3 is 1. The van der Waals surface area contributed by atoms with Gasteiger partial charge in [0.2, 0.25) is 0 Å². The van der Waals surface area contributed by atoms with E-state index in [4.69, 9.17) is 9.47 Å². The Bertz CT molecular complexity index is 1100. The van der Waals surface area contributed by atoms with E-state index in [1.165, 1.54) is 13.3 Å². The van der Waals surface area contributed by atoms with Crippen LogP contribution in [-0.2, 0) is 0 Å². The predicted molar refractivity (Wildman–Crippen MR) is 134 cm³/mol. The lowest BCUT2D eigenvalue weighted by Gasteiger charge is -2.18. The van der Waals surface area contributed by atoms with Gasteiger partial charge in [-0.2, -0.15) is 0 Å². The summed E-state index contributed by atoms with van der Waals surface area (Å²) in [6, 6.07) is 11.2. The molecule has 0 aliphatic heterocycles. The van der Waals surface area contributed by atoms with Gasteiger partial charge in [-0.1, -0.05) is 13.8 Å². The van der Waals surface area contributed by atoms with E-state index >= 15 is 0 Å². The number of ether oxygens (including phenoxy) is 2. The molecule has 0 saturated heterocycles. The van der Waals surface area contributed by atoms with Crippen molar-refractivity contribution in [2.75, 3.05) is 43.9 Å². The average molecular weight is 479 g/mol. The minimum Gasteiger partial charge on any atom is -0.496 e. The predicted octanol–water partition coefficient (Wildman–Crippen LogP) is 3.99. The molecule has 2 aromatic heterocycles. The van der Waals surface area contributed by atoms with Crippen LogP contribution >= 0.6 is 0 Å². The Morgan fingerprint density at radius 3 is 2.46 bits per heavy atom. The molecular formula is C25H30N6O4. The van der Waals surface area contributed by atoms with Crippen LogP contribution in [-0.4, -0.2) is 60.1 Å². The van der Waals surface area contributed by atoms with Crippen molar-refractivity contribution >= 4 is 23.4 Å². The van der Waals surface area contributed by atoms with Crippen molar-refractivity contribution in [1.82, 2.24) is 20.2 Å². The number of hydrogen-bond donors (Lipinski definition) is 3. The van der Waals surface area contributed by atoms with Crippen molar-refractivity contribution < 1.29 is 19.1 Å². The Morgan fingerprint density at radius 1 is 1.00 bits per heavy atom. The van der Waals surface area contributed by atoms with Crippen molar-refractivity contribution in [3.63, 3.8) is 0 Å². The Hall–Kier alpha value is -4.18. The highest BCUT2D eigenvalue weighted by Gasteiger charge is 2.14. The quantitative estimate of drug-likeness (QED) is 0.381. The molecular weight excluding hydrogens is 448 g/mol. The molecule has 0 spiro atoms. The number of nitrogens with one attached hydrogen (secondary N) is 3. The van der Waals surface area contributed by atoms with Gasteiger partial charge < -0.3 is 25.0 Å². The van der Waals surface area contributed by atoms with Crippen LogP contribution in [0.3, 0.4) is 0 Å². The van der Waals surface area contributed by atoms with Gasteiger partial charge in [0.15, 0.2) is 0 Å². The zero-order chi connectivity index (χ0) is 25.0. The van der Waals surface area contributed by atoms with Crippen molar-refractivity contribution in [2.24, 2.45) is 0 Å². The van der Waals surface area contributed by atoms with Crippen molar-refractivity contribution in [3.8, 4) is 17.2 Å². The number of nitrogens with zero attached hydrogens (tertiary/aromatic N) is 3. The number of benzene rings is 1. The largest absolute Gasteiger partial charge is 0.496 e. The topological polar surface area (TPSA) is 118 Å². The standard InChI is InChI=1S/C25H30N6O4/c1-4-31(5-2)14-13-27-24(32)21-10-8-18(15-22(21)34-3)29-25(33)30-23-11-9-20(17-28-23)35-19-7-6-12-26-16-19/h6-12,15-17H,4-5,13-14H2,1-3H3,(H,27,32)(H2,28,29,30,33). The highest BCUT2D eigenvalue weighted by Crippen LogP contribution is 2.24. The van der Waals surface area contributed by atoms with Crippen LogP contribution in [0, 0.1) is 0 Å². The number of aromatic nitrogens is 2. The van der Waals surface area contributed by atoms with Crippen LogP contribution in [0.4, 0.5) is 16.3 Å². The fraction of sp³-hybridized carbons (Fsp3) is 0.280. The Morgan fingerprint density at radius 2 is 1.80 bits per heavy atom. The van der Waals surface area contributed by atoms with Crippen molar-refractivity contribution in [1.29, 1.82) is 0 Å². The first-order chi connectivity index (χ1) is 17.0. The maximum atomic E-state index is 12.6. The molecule has 10 heteroatoms. The Labute approximate surface area is 204 Å². The summed E-state index contributed by atoms with van der Waals surface area (Å²) < 4.78 is 11.0. The smallest absolute Gasteiger partial charge is 0.324 e. The fourth-order valence-electron chi connectivity index (χ4n) is 3.26. The summed E-state index contributed by atoms with van der Waals surface area (Å²) in [4.78, 5) is 35.4. The normalized spacial score (nSPS) is 10.5. The van der Waals surface area contributed by atoms with Gasteiger partial charge in [0.25, 0.3) is 5.91 Å². The van der Waals surface area contributed by atoms with Gasteiger partial charge in [0.1, 0.15) is 23.1 Å². The first-order valence-electron chi connectivity index (χ1n) is 11.3. The number of urea groups is 1. The molecule has 0 atom stereocenters. The molecule has 0 fully saturated rings. The summed E-state index contributed by atoms with van der Waals surface area (Å²) in [6.45, 7) is 7.32. The second-order valence-corrected chi connectivity index (χ2v) is 7.45. The van der Waals surface area contributed by atoms with Gasteiger partial charge in [-0.05, 0) is 49.5 Å². The van der Waals surface area contributed by atoms with Crippen LogP contribution < -0.4 is 25.4 Å². The first kappa shape index (κ1) is 25.4. The molecule has 0 aliphatic rings. The van der Waals surface area contributed by atoms with Crippen molar-refractivity contribution in [3.05, 3.63) is 66.6 Å². The summed E-state index contributed by atoms with van der Waals surface area (Å²) in [6.07, 6.45) is 4.75. The van der Waals surface area contributed by atoms with Gasteiger partial charge in [0.05, 0.1) is 25.1 Å². The van der Waals surface area contributed by atoms with Gasteiger partial charge in [-0.3, -0.25) is 15.1 Å². The SMILES string of the molecule is CCN(CC)CCNC(=O)c1ccc(NC(=O)Nc2ccc(Oc3cccnc3)cn2)cc1OC. The number of likely N-dealkylation sites (N-methyl/N-ethyl adjacent to an activating group) is 1. The van der Waals surface area contributed by atoms with Gasteiger partial charge in [-0.15, -0.1) is 0 Å². The molecule has 1 aromatic carbocycles. The number of anilines is 2. The lowest BCUT2D eigenvalue weighted by Crippen LogP contribution is -2.34. The summed E-state index contributed by atoms with van der Waals surface area (Å²) in [5, 5.41) is 8.27. The van der Waals surface area contributed by atoms with E-state index in [1.807, 2.05) is 0 Å². The third-order valence-corrected chi connectivity index (χ3v) is 5.16. The number of rotatable bonds is 11. The maximum Gasteiger partial charge on any atom is 0.324 e. The average Bonchev–Trinajstić information content (AvgIpc) is 2.88. The zero-order valence-corrected chi connectivity index (χ0v) is 20.1. The van der Waals surface area contributed by atoms with E-state index in [1.54, 1.807) is 54.9 Å². The fourth-order valence-corrected chi connectivity index (χ4v) is 3.26. The summed E-state index contributed by atoms with van der Waals surface area (Å²) in [7, 11) is 1.48. The monoisotopic (exact) mass is 478 g/mol. The van der Waals surface area contributed by atoms with E-state index < -0.39 is 6.03 Å². The first-order valence-corrected chi connectivity index (χ1v) is 11.3. The molecule has 0 aliphatic carbocycles. The molecule has 0 radical (unpaired) electrons. The van der Waals surface area contributed by atoms with Gasteiger partial charge in [-0.25, -0.2) is 9.78 Å². The number of carbonyl (C=O) groups excluding carboxylic acids is 2. The highest BCUT2D eigenvalue weighted by atomic mass is 16.5. The van der Waals surface area contributed by atoms with Crippen LogP contribution in [0.25, 0.3) is 0 Å². The summed E-state index contributed by atoms with van der Waals surface area (Å²) in [5.41, 5.74) is 0.861. The lowest BCUT2D eigenvalue weighted by molar-refractivity contribution is 0.0946. The number of pyridine rings is 2. The van der Waals surface area contributed by atoms with Crippen LogP contribution in [0.5, 0.6) is 17.2 Å². The number of amides is 3. The molecule has 3 rings (SSSR count). The third-order valence-electron chi connectivity index (χ3n) is 5.16. The molecule has 184 valence electrons. The van der Waals surface area contributed by atoms with Crippen LogP contribution in [0.1, 0.15) is 24.2 Å². The van der Waals surface area contributed by atoms with E-state index in [9.17, 15) is 9.59 Å². The second-order valence-electron chi connectivity index (χ2n) is 7.45. The molecule has 0 unspecified atom stereocenters. The van der Waals surface area contributed by atoms with E-state index in [-0.39, 0.29) is 5.91 Å². The minimum absolute atomic E-state index is 0.234. The molecule has 2 heterocycles. The van der Waals surface area contributed by atoms with Crippen molar-refractivity contribution in [2.45, 2.75) is 13.8 Å². The van der Waals surface area contributed by atoms with E-state index in [0.29, 0.717) is 40.9 Å². The minimum atomic E-state index is -0.489. The maximum absolute atomic E-state index is 12.6. The van der Waals surface area contributed by atoms with Gasteiger partial charge in [0, 0.05) is 31.0 Å². The van der Waals surface area contributed by atoms with Crippen LogP contribution in [0.15, 0.2) is 61.1 Å². The van der Waals surface area contributed by atoms with E-state index in [2.05, 4.69) is 44.7 Å². The summed E-state index contributed by atoms with van der Waals surface area (Å²) in [5.74, 6) is 1.57. The molecule has 3 amide bonds. The highest BCUT2D eigenvalue weighted by molar-refractivity contribution is 6.01. The lowest BCUT2D eigenvalue weighted by atomic mass is 10.1. The molecule has 3 aromatic rings.